The van der Waals surface area contributed by atoms with E-state index in [1.807, 2.05) is 0 Å². The molecule has 0 radical (unpaired) electrons. The largest absolute Gasteiger partial charge is 0.490 e. The van der Waals surface area contributed by atoms with Crippen LogP contribution in [-0.4, -0.2) is 39.7 Å². The Morgan fingerprint density at radius 3 is 1.70 bits per heavy atom. The highest BCUT2D eigenvalue weighted by molar-refractivity contribution is 5.94. The number of nitrogens with zero attached hydrogens (tertiary/aromatic N) is 1. The summed E-state index contributed by atoms with van der Waals surface area (Å²) in [5.74, 6) is -2.76. The molecule has 0 spiro atoms. The number of pyridine rings is 1. The maximum absolute atomic E-state index is 12.9. The molecule has 2 N–H and O–H groups in total. The van der Waals surface area contributed by atoms with Crippen LogP contribution in [0.2, 0.25) is 0 Å². The van der Waals surface area contributed by atoms with Gasteiger partial charge in [0.2, 0.25) is 0 Å². The van der Waals surface area contributed by atoms with Crippen molar-refractivity contribution in [3.63, 3.8) is 0 Å². The summed E-state index contributed by atoms with van der Waals surface area (Å²) < 4.78 is 109. The molecule has 0 saturated heterocycles. The summed E-state index contributed by atoms with van der Waals surface area (Å²) in [4.78, 5) is 13.0. The van der Waals surface area contributed by atoms with Crippen LogP contribution in [0.1, 0.15) is 5.56 Å². The fraction of sp³-hybridized carbons (Fsp3) is 0.200. The van der Waals surface area contributed by atoms with E-state index in [-0.39, 0.29) is 0 Å². The van der Waals surface area contributed by atoms with E-state index < -0.39 is 35.7 Å². The minimum Gasteiger partial charge on any atom is -0.475 e. The third-order valence-corrected chi connectivity index (χ3v) is 4.33. The van der Waals surface area contributed by atoms with Crippen molar-refractivity contribution in [3.05, 3.63) is 66.4 Å². The predicted octanol–water partition coefficient (Wildman–Crippen LogP) is 5.85. The Balaban J connectivity index is 0.000000479. The van der Waals surface area contributed by atoms with E-state index in [9.17, 15) is 44.6 Å². The summed E-state index contributed by atoms with van der Waals surface area (Å²) in [6, 6.07) is 12.1. The van der Waals surface area contributed by atoms with Crippen LogP contribution < -0.4 is 0 Å². The van der Waals surface area contributed by atoms with Gasteiger partial charge in [0.1, 0.15) is 0 Å². The zero-order valence-corrected chi connectivity index (χ0v) is 15.9. The smallest absolute Gasteiger partial charge is 0.475 e. The molecule has 0 bridgehead atoms. The molecule has 0 aliphatic heterocycles. The number of carboxylic acid groups (broad SMARTS) is 1. The molecule has 178 valence electrons. The second-order valence-corrected chi connectivity index (χ2v) is 6.46. The lowest BCUT2D eigenvalue weighted by atomic mass is 9.90. The van der Waals surface area contributed by atoms with Gasteiger partial charge in [0.25, 0.3) is 5.60 Å². The lowest BCUT2D eigenvalue weighted by Crippen LogP contribution is -2.53. The Hall–Kier alpha value is -3.35. The number of halogens is 9. The minimum absolute atomic E-state index is 0.402. The van der Waals surface area contributed by atoms with Crippen LogP contribution in [0.25, 0.3) is 22.0 Å². The summed E-state index contributed by atoms with van der Waals surface area (Å²) >= 11 is 0. The van der Waals surface area contributed by atoms with Gasteiger partial charge < -0.3 is 10.2 Å². The van der Waals surface area contributed by atoms with Gasteiger partial charge in [-0.1, -0.05) is 42.5 Å². The number of para-hydroxylation sites is 1. The van der Waals surface area contributed by atoms with E-state index >= 15 is 0 Å². The highest BCUT2D eigenvalue weighted by Gasteiger charge is 2.71. The highest BCUT2D eigenvalue weighted by Crippen LogP contribution is 2.50. The maximum Gasteiger partial charge on any atom is 0.490 e. The molecule has 0 aliphatic carbocycles. The topological polar surface area (TPSA) is 70.4 Å². The molecule has 0 unspecified atom stereocenters. The van der Waals surface area contributed by atoms with Gasteiger partial charge in [-0.15, -0.1) is 0 Å². The number of hydrogen-bond acceptors (Lipinski definition) is 3. The summed E-state index contributed by atoms with van der Waals surface area (Å²) in [5.41, 5.74) is -4.58. The summed E-state index contributed by atoms with van der Waals surface area (Å²) in [5, 5.41) is 17.3. The molecule has 2 aromatic carbocycles. The molecular formula is C20H12F9NO3. The monoisotopic (exact) mass is 485 g/mol. The molecule has 3 rings (SSSR count). The maximum atomic E-state index is 12.9. The van der Waals surface area contributed by atoms with Crippen LogP contribution in [0.3, 0.4) is 0 Å². The normalized spacial score (nSPS) is 12.8. The van der Waals surface area contributed by atoms with Crippen molar-refractivity contribution in [2.24, 2.45) is 0 Å². The molecule has 0 atom stereocenters. The highest BCUT2D eigenvalue weighted by atomic mass is 19.4. The van der Waals surface area contributed by atoms with E-state index in [4.69, 9.17) is 9.90 Å². The molecule has 0 aliphatic rings. The number of rotatable bonds is 2. The molecule has 4 nitrogen and oxygen atoms in total. The zero-order valence-electron chi connectivity index (χ0n) is 15.9. The first kappa shape index (κ1) is 25.9. The average Bonchev–Trinajstić information content (AvgIpc) is 2.71. The van der Waals surface area contributed by atoms with Crippen LogP contribution in [-0.2, 0) is 10.4 Å². The minimum atomic E-state index is -5.91. The van der Waals surface area contributed by atoms with E-state index in [2.05, 4.69) is 4.98 Å². The first-order valence-corrected chi connectivity index (χ1v) is 8.60. The Labute approximate surface area is 178 Å². The number of carbonyl (C=O) groups is 1. The molecule has 3 aromatic rings. The predicted molar refractivity (Wildman–Crippen MR) is 96.9 cm³/mol. The first-order valence-electron chi connectivity index (χ1n) is 8.60. The molecule has 1 heterocycles. The van der Waals surface area contributed by atoms with E-state index in [0.717, 1.165) is 12.1 Å². The molecule has 0 fully saturated rings. The van der Waals surface area contributed by atoms with Crippen molar-refractivity contribution in [1.82, 2.24) is 4.98 Å². The van der Waals surface area contributed by atoms with Crippen LogP contribution in [0, 0.1) is 0 Å². The van der Waals surface area contributed by atoms with Gasteiger partial charge in [-0.05, 0) is 23.3 Å². The van der Waals surface area contributed by atoms with Crippen LogP contribution >= 0.6 is 0 Å². The van der Waals surface area contributed by atoms with Gasteiger partial charge in [0.15, 0.2) is 0 Å². The van der Waals surface area contributed by atoms with Crippen LogP contribution in [0.15, 0.2) is 60.8 Å². The van der Waals surface area contributed by atoms with Crippen molar-refractivity contribution in [2.75, 3.05) is 0 Å². The lowest BCUT2D eigenvalue weighted by Gasteiger charge is -2.32. The summed E-state index contributed by atoms with van der Waals surface area (Å²) in [6.07, 6.45) is -15.4. The Kier molecular flexibility index (Phi) is 6.98. The quantitative estimate of drug-likeness (QED) is 0.447. The number of carboxylic acids is 1. The fourth-order valence-corrected chi connectivity index (χ4v) is 2.73. The molecule has 33 heavy (non-hydrogen) atoms. The van der Waals surface area contributed by atoms with Gasteiger partial charge >= 0.3 is 24.5 Å². The molecule has 0 amide bonds. The first-order chi connectivity index (χ1) is 15.0. The number of alkyl halides is 9. The number of aliphatic hydroxyl groups is 1. The molecular weight excluding hydrogens is 473 g/mol. The van der Waals surface area contributed by atoms with Crippen molar-refractivity contribution in [3.8, 4) is 11.1 Å². The summed E-state index contributed by atoms with van der Waals surface area (Å²) in [7, 11) is 0. The van der Waals surface area contributed by atoms with Gasteiger partial charge in [0.05, 0.1) is 5.52 Å². The van der Waals surface area contributed by atoms with Gasteiger partial charge in [-0.3, -0.25) is 4.98 Å². The van der Waals surface area contributed by atoms with Crippen LogP contribution in [0.5, 0.6) is 0 Å². The third-order valence-electron chi connectivity index (χ3n) is 4.33. The second-order valence-electron chi connectivity index (χ2n) is 6.46. The summed E-state index contributed by atoms with van der Waals surface area (Å²) in [6.45, 7) is 0. The second kappa shape index (κ2) is 8.89. The molecule has 1 aromatic heterocycles. The van der Waals surface area contributed by atoms with Crippen molar-refractivity contribution in [2.45, 2.75) is 24.1 Å². The fourth-order valence-electron chi connectivity index (χ4n) is 2.73. The van der Waals surface area contributed by atoms with Gasteiger partial charge in [-0.2, -0.15) is 39.5 Å². The van der Waals surface area contributed by atoms with E-state index in [0.29, 0.717) is 34.2 Å². The number of hydrogen-bond donors (Lipinski definition) is 2. The Bertz CT molecular complexity index is 1100. The van der Waals surface area contributed by atoms with E-state index in [1.165, 1.54) is 6.20 Å². The third kappa shape index (κ3) is 5.35. The standard InChI is InChI=1S/C18H11F6NO.C2HF3O2/c19-17(20,21)16(26,18(22,23)24)12-7-5-11(6-8-12)13-9-10-25-15-4-2-1-3-14(13)15;3-2(4,5)1(6)7/h1-10,26H;(H,6,7). The SMILES string of the molecule is O=C(O)C(F)(F)F.OC(c1ccc(-c2ccnc3ccccc23)cc1)(C(F)(F)F)C(F)(F)F. The number of fused-ring (bicyclic) bond motifs is 1. The van der Waals surface area contributed by atoms with Crippen molar-refractivity contribution in [1.29, 1.82) is 0 Å². The van der Waals surface area contributed by atoms with E-state index in [1.54, 1.807) is 30.3 Å². The van der Waals surface area contributed by atoms with Crippen molar-refractivity contribution >= 4 is 16.9 Å². The lowest BCUT2D eigenvalue weighted by molar-refractivity contribution is -0.376. The van der Waals surface area contributed by atoms with Crippen LogP contribution in [0.4, 0.5) is 39.5 Å². The average molecular weight is 485 g/mol. The number of aromatic nitrogens is 1. The number of benzene rings is 2. The van der Waals surface area contributed by atoms with Crippen molar-refractivity contribution < 1.29 is 54.5 Å². The van der Waals surface area contributed by atoms with Gasteiger partial charge in [-0.25, -0.2) is 4.79 Å². The molecule has 13 heteroatoms. The number of aliphatic carboxylic acids is 1. The Morgan fingerprint density at radius 1 is 0.758 bits per heavy atom. The van der Waals surface area contributed by atoms with Gasteiger partial charge in [0, 0.05) is 17.1 Å². The molecule has 0 saturated carbocycles. The Morgan fingerprint density at radius 2 is 1.24 bits per heavy atom. The zero-order chi connectivity index (χ0) is 25.2.